The molecular weight excluding hydrogens is 460 g/mol. The molecule has 0 fully saturated rings. The number of nitro groups is 1. The molecule has 3 rings (SSSR count). The van der Waals surface area contributed by atoms with Crippen LogP contribution >= 0.6 is 11.3 Å². The Kier molecular flexibility index (Phi) is 6.65. The first-order valence-electron chi connectivity index (χ1n) is 9.10. The first-order chi connectivity index (χ1) is 15.2. The molecule has 3 aromatic rings. The number of thiazole rings is 1. The molecule has 0 atom stereocenters. The molecule has 1 aromatic heterocycles. The van der Waals surface area contributed by atoms with Crippen LogP contribution in [-0.4, -0.2) is 37.2 Å². The second-order valence-corrected chi connectivity index (χ2v) is 8.80. The molecule has 0 aliphatic rings. The van der Waals surface area contributed by atoms with Crippen molar-refractivity contribution in [3.63, 3.8) is 0 Å². The fourth-order valence-electron chi connectivity index (χ4n) is 2.74. The number of carbonyl (C=O) groups excluding carboxylic acids is 2. The Balaban J connectivity index is 1.97. The normalized spacial score (nSPS) is 11.1. The van der Waals surface area contributed by atoms with Gasteiger partial charge in [0.25, 0.3) is 5.69 Å². The number of benzene rings is 2. The Morgan fingerprint density at radius 3 is 2.62 bits per heavy atom. The van der Waals surface area contributed by atoms with Crippen molar-refractivity contribution >= 4 is 39.4 Å². The number of esters is 1. The van der Waals surface area contributed by atoms with Crippen molar-refractivity contribution in [1.29, 1.82) is 0 Å². The standard InChI is InChI=1S/C20H16N2O8S2/c1-3-29-20(24)18-12(2)21-19(31-18)13-8-9-16(14(10-13)11-23)30-32(27,28)17-7-5-4-6-15(17)22(25)26/h4-11H,3H2,1-2H3. The van der Waals surface area contributed by atoms with E-state index < -0.39 is 31.6 Å². The molecule has 32 heavy (non-hydrogen) atoms. The lowest BCUT2D eigenvalue weighted by molar-refractivity contribution is -0.387. The number of ether oxygens (including phenoxy) is 1. The van der Waals surface area contributed by atoms with Crippen LogP contribution in [-0.2, 0) is 14.9 Å². The van der Waals surface area contributed by atoms with Gasteiger partial charge in [0.1, 0.15) is 9.88 Å². The number of carbonyl (C=O) groups is 2. The molecule has 12 heteroatoms. The Morgan fingerprint density at radius 1 is 1.25 bits per heavy atom. The summed E-state index contributed by atoms with van der Waals surface area (Å²) in [6.45, 7) is 3.53. The maximum atomic E-state index is 12.6. The highest BCUT2D eigenvalue weighted by Crippen LogP contribution is 2.33. The SMILES string of the molecule is CCOC(=O)c1sc(-c2ccc(OS(=O)(=O)c3ccccc3[N+](=O)[O-])c(C=O)c2)nc1C. The lowest BCUT2D eigenvalue weighted by Gasteiger charge is -2.10. The van der Waals surface area contributed by atoms with E-state index in [9.17, 15) is 28.1 Å². The van der Waals surface area contributed by atoms with E-state index in [0.29, 0.717) is 27.4 Å². The summed E-state index contributed by atoms with van der Waals surface area (Å²) < 4.78 is 35.3. The molecule has 0 spiro atoms. The molecule has 0 saturated heterocycles. The number of nitro benzene ring substituents is 1. The van der Waals surface area contributed by atoms with Gasteiger partial charge in [-0.15, -0.1) is 11.3 Å². The third-order valence-corrected chi connectivity index (χ3v) is 6.64. The van der Waals surface area contributed by atoms with E-state index in [0.717, 1.165) is 23.5 Å². The minimum Gasteiger partial charge on any atom is -0.462 e. The van der Waals surface area contributed by atoms with Crippen LogP contribution in [0.1, 0.15) is 32.6 Å². The number of hydrogen-bond acceptors (Lipinski definition) is 10. The van der Waals surface area contributed by atoms with Crippen LogP contribution in [0.15, 0.2) is 47.4 Å². The molecule has 2 aromatic carbocycles. The van der Waals surface area contributed by atoms with E-state index in [-0.39, 0.29) is 17.9 Å². The van der Waals surface area contributed by atoms with Crippen LogP contribution in [0.5, 0.6) is 5.75 Å². The summed E-state index contributed by atoms with van der Waals surface area (Å²) in [7, 11) is -4.59. The van der Waals surface area contributed by atoms with E-state index >= 15 is 0 Å². The largest absolute Gasteiger partial charge is 0.462 e. The monoisotopic (exact) mass is 476 g/mol. The van der Waals surface area contributed by atoms with Crippen molar-refractivity contribution in [1.82, 2.24) is 4.98 Å². The second-order valence-electron chi connectivity index (χ2n) is 6.29. The van der Waals surface area contributed by atoms with Gasteiger partial charge in [-0.3, -0.25) is 14.9 Å². The lowest BCUT2D eigenvalue weighted by atomic mass is 10.1. The highest BCUT2D eigenvalue weighted by Gasteiger charge is 2.28. The van der Waals surface area contributed by atoms with E-state index in [1.807, 2.05) is 0 Å². The van der Waals surface area contributed by atoms with Crippen molar-refractivity contribution in [3.05, 3.63) is 68.7 Å². The van der Waals surface area contributed by atoms with Crippen LogP contribution in [0.2, 0.25) is 0 Å². The van der Waals surface area contributed by atoms with Gasteiger partial charge in [0.15, 0.2) is 16.9 Å². The fraction of sp³-hybridized carbons (Fsp3) is 0.150. The van der Waals surface area contributed by atoms with Crippen molar-refractivity contribution in [2.24, 2.45) is 0 Å². The lowest BCUT2D eigenvalue weighted by Crippen LogP contribution is -2.13. The van der Waals surface area contributed by atoms with Crippen LogP contribution in [0.4, 0.5) is 5.69 Å². The number of aromatic nitrogens is 1. The summed E-state index contributed by atoms with van der Waals surface area (Å²) >= 11 is 1.07. The highest BCUT2D eigenvalue weighted by atomic mass is 32.2. The molecule has 10 nitrogen and oxygen atoms in total. The van der Waals surface area contributed by atoms with E-state index in [4.69, 9.17) is 8.92 Å². The summed E-state index contributed by atoms with van der Waals surface area (Å²) in [5.41, 5.74) is 0.137. The van der Waals surface area contributed by atoms with Gasteiger partial charge >= 0.3 is 16.1 Å². The molecule has 0 bridgehead atoms. The Hall–Kier alpha value is -3.64. The Morgan fingerprint density at radius 2 is 1.97 bits per heavy atom. The summed E-state index contributed by atoms with van der Waals surface area (Å²) in [5, 5.41) is 11.6. The van der Waals surface area contributed by atoms with Gasteiger partial charge in [-0.05, 0) is 38.1 Å². The minimum absolute atomic E-state index is 0.116. The first-order valence-corrected chi connectivity index (χ1v) is 11.3. The molecule has 1 heterocycles. The zero-order valence-electron chi connectivity index (χ0n) is 16.8. The summed E-state index contributed by atoms with van der Waals surface area (Å²) in [4.78, 5) is 37.9. The van der Waals surface area contributed by atoms with Gasteiger partial charge < -0.3 is 8.92 Å². The first kappa shape index (κ1) is 23.0. The predicted molar refractivity (Wildman–Crippen MR) is 115 cm³/mol. The van der Waals surface area contributed by atoms with Gasteiger partial charge in [0.2, 0.25) is 0 Å². The Labute approximate surface area is 186 Å². The van der Waals surface area contributed by atoms with E-state index in [1.54, 1.807) is 13.8 Å². The molecule has 0 aliphatic carbocycles. The van der Waals surface area contributed by atoms with Crippen LogP contribution in [0, 0.1) is 17.0 Å². The predicted octanol–water partition coefficient (Wildman–Crippen LogP) is 3.78. The number of aryl methyl sites for hydroxylation is 1. The number of rotatable bonds is 8. The number of para-hydroxylation sites is 1. The topological polar surface area (TPSA) is 143 Å². The fourth-order valence-corrected chi connectivity index (χ4v) is 4.82. The summed E-state index contributed by atoms with van der Waals surface area (Å²) in [6.07, 6.45) is 0.389. The van der Waals surface area contributed by atoms with Crippen molar-refractivity contribution in [2.45, 2.75) is 18.7 Å². The molecule has 0 aliphatic heterocycles. The second kappa shape index (κ2) is 9.24. The average molecular weight is 476 g/mol. The van der Waals surface area contributed by atoms with Crippen molar-refractivity contribution < 1.29 is 31.9 Å². The van der Waals surface area contributed by atoms with Gasteiger partial charge in [0, 0.05) is 11.6 Å². The third kappa shape index (κ3) is 4.65. The van der Waals surface area contributed by atoms with Crippen LogP contribution in [0.25, 0.3) is 10.6 Å². The Bertz CT molecular complexity index is 1310. The molecule has 0 unspecified atom stereocenters. The summed E-state index contributed by atoms with van der Waals surface area (Å²) in [6, 6.07) is 8.77. The van der Waals surface area contributed by atoms with E-state index in [1.165, 1.54) is 30.3 Å². The smallest absolute Gasteiger partial charge is 0.350 e. The molecule has 166 valence electrons. The summed E-state index contributed by atoms with van der Waals surface area (Å²) in [5.74, 6) is -0.819. The molecule has 0 radical (unpaired) electrons. The van der Waals surface area contributed by atoms with Gasteiger partial charge in [-0.1, -0.05) is 12.1 Å². The minimum atomic E-state index is -4.59. The van der Waals surface area contributed by atoms with Gasteiger partial charge in [-0.2, -0.15) is 8.42 Å². The molecule has 0 N–H and O–H groups in total. The number of hydrogen-bond donors (Lipinski definition) is 0. The zero-order chi connectivity index (χ0) is 23.5. The van der Waals surface area contributed by atoms with Crippen molar-refractivity contribution in [2.75, 3.05) is 6.61 Å². The quantitative estimate of drug-likeness (QED) is 0.156. The maximum Gasteiger partial charge on any atom is 0.350 e. The van der Waals surface area contributed by atoms with Crippen molar-refractivity contribution in [3.8, 4) is 16.3 Å². The molecular formula is C20H16N2O8S2. The maximum absolute atomic E-state index is 12.6. The average Bonchev–Trinajstić information content (AvgIpc) is 3.15. The van der Waals surface area contributed by atoms with Crippen LogP contribution < -0.4 is 4.18 Å². The van der Waals surface area contributed by atoms with Crippen LogP contribution in [0.3, 0.4) is 0 Å². The number of aldehydes is 1. The zero-order valence-corrected chi connectivity index (χ0v) is 18.4. The molecule has 0 amide bonds. The van der Waals surface area contributed by atoms with E-state index in [2.05, 4.69) is 4.98 Å². The third-order valence-electron chi connectivity index (χ3n) is 4.17. The number of nitrogens with zero attached hydrogens (tertiary/aromatic N) is 2. The highest BCUT2D eigenvalue weighted by molar-refractivity contribution is 7.87. The van der Waals surface area contributed by atoms with Gasteiger partial charge in [0.05, 0.1) is 22.8 Å². The molecule has 0 saturated carbocycles. The van der Waals surface area contributed by atoms with Gasteiger partial charge in [-0.25, -0.2) is 9.78 Å².